The summed E-state index contributed by atoms with van der Waals surface area (Å²) >= 11 is 0. The summed E-state index contributed by atoms with van der Waals surface area (Å²) in [5.41, 5.74) is -7.41. The number of carbonyl (C=O) groups is 8. The van der Waals surface area contributed by atoms with Crippen molar-refractivity contribution in [1.29, 1.82) is 0 Å². The summed E-state index contributed by atoms with van der Waals surface area (Å²) in [6, 6.07) is -3.18. The van der Waals surface area contributed by atoms with Crippen molar-refractivity contribution < 1.29 is 127 Å². The Hall–Kier alpha value is -4.96. The van der Waals surface area contributed by atoms with Gasteiger partial charge in [0.25, 0.3) is 0 Å². The zero-order valence-electron chi connectivity index (χ0n) is 73.9. The third-order valence-corrected chi connectivity index (χ3v) is 21.2. The fourth-order valence-electron chi connectivity index (χ4n) is 16.7. The average Bonchev–Trinajstić information content (AvgIpc) is 0.540. The zero-order chi connectivity index (χ0) is 88.6. The fraction of sp³-hybridized carbons (Fsp3) is 0.902. The standard InChI is InChI=1S/C82H152N8O26/c1-49(108-23)31-81(21,22)89-60(100)32-73(5,6)39-80(19,20)72(107)90-82(46-109-27-24-57(97)83-40-74(7,8)36-77(13,14)43-112-54-30-53(33-91)64(101)67(104)61(54)86-50(2)94,47-110-28-25-58(98)84-41-75(9,10)37-78(15,16)44-113-70-62(87-51(3)95)68(105)65(102)55(34-92)115-70)48-111-29-26-59(99)85-42-76(11,12)38-79(17,18)45-114-71-63(88-52(4)96)69(106)66(103)56(35-93)116-71/h49,53-56,61-71,91-93,101-106H,24-48H2,1-23H3,(H,83,97)(H,84,98)(H,85,99)(H,86,94)(H,87,95)(H,88,96)(H,89,100)(H,90,107). The Morgan fingerprint density at radius 2 is 0.776 bits per heavy atom. The minimum atomic E-state index is -1.57. The first-order valence-corrected chi connectivity index (χ1v) is 40.9. The second-order valence-corrected chi connectivity index (χ2v) is 39.8. The number of carbonyl (C=O) groups excluding carboxylic acids is 8. The molecule has 3 fully saturated rings. The van der Waals surface area contributed by atoms with Gasteiger partial charge in [-0.1, -0.05) is 111 Å². The molecule has 3 aliphatic rings. The van der Waals surface area contributed by atoms with Crippen molar-refractivity contribution in [2.45, 2.75) is 319 Å². The van der Waals surface area contributed by atoms with Crippen LogP contribution in [0.3, 0.4) is 0 Å². The zero-order valence-corrected chi connectivity index (χ0v) is 73.9. The molecule has 2 aliphatic heterocycles. The van der Waals surface area contributed by atoms with Crippen LogP contribution in [0, 0.1) is 49.2 Å². The molecule has 3 rings (SSSR count). The molecule has 17 N–H and O–H groups in total. The van der Waals surface area contributed by atoms with E-state index in [1.807, 2.05) is 118 Å². The van der Waals surface area contributed by atoms with Crippen LogP contribution in [0.5, 0.6) is 0 Å². The van der Waals surface area contributed by atoms with E-state index in [1.165, 1.54) is 20.8 Å². The molecule has 16 atom stereocenters. The lowest BCUT2D eigenvalue weighted by molar-refractivity contribution is -0.276. The molecular formula is C82H152N8O26. The summed E-state index contributed by atoms with van der Waals surface area (Å²) in [6.07, 6.45) is -12.1. The normalized spacial score (nSPS) is 25.6. The molecule has 0 spiro atoms. The fourth-order valence-corrected chi connectivity index (χ4v) is 16.7. The van der Waals surface area contributed by atoms with Crippen molar-refractivity contribution in [3.63, 3.8) is 0 Å². The lowest BCUT2D eigenvalue weighted by Gasteiger charge is -2.43. The van der Waals surface area contributed by atoms with Gasteiger partial charge in [0.15, 0.2) is 12.6 Å². The van der Waals surface area contributed by atoms with E-state index in [0.717, 1.165) is 0 Å². The summed E-state index contributed by atoms with van der Waals surface area (Å²) in [5.74, 6) is -3.86. The summed E-state index contributed by atoms with van der Waals surface area (Å²) in [4.78, 5) is 107. The molecule has 0 aromatic rings. The van der Waals surface area contributed by atoms with Crippen LogP contribution in [0.1, 0.15) is 217 Å². The van der Waals surface area contributed by atoms with Gasteiger partial charge in [0, 0.05) is 96.7 Å². The highest BCUT2D eigenvalue weighted by atomic mass is 16.7. The Labute approximate surface area is 688 Å². The number of amides is 8. The Balaban J connectivity index is 1.93. The molecule has 2 saturated heterocycles. The summed E-state index contributed by atoms with van der Waals surface area (Å²) in [5, 5.41) is 117. The van der Waals surface area contributed by atoms with Gasteiger partial charge >= 0.3 is 0 Å². The predicted octanol–water partition coefficient (Wildman–Crippen LogP) is 1.43. The van der Waals surface area contributed by atoms with Crippen LogP contribution in [0.4, 0.5) is 0 Å². The van der Waals surface area contributed by atoms with Crippen LogP contribution in [0.2, 0.25) is 0 Å². The Bertz CT molecular complexity index is 2830. The molecule has 0 radical (unpaired) electrons. The van der Waals surface area contributed by atoms with Gasteiger partial charge in [-0.15, -0.1) is 0 Å². The Kier molecular flexibility index (Phi) is 41.5. The van der Waals surface area contributed by atoms with E-state index in [-0.39, 0.29) is 147 Å². The Morgan fingerprint density at radius 3 is 1.12 bits per heavy atom. The smallest absolute Gasteiger partial charge is 0.226 e. The van der Waals surface area contributed by atoms with Crippen molar-refractivity contribution in [2.75, 3.05) is 106 Å². The molecule has 16 unspecified atom stereocenters. The maximum Gasteiger partial charge on any atom is 0.226 e. The predicted molar refractivity (Wildman–Crippen MR) is 430 cm³/mol. The van der Waals surface area contributed by atoms with Crippen molar-refractivity contribution in [3.05, 3.63) is 0 Å². The lowest BCUT2D eigenvalue weighted by atomic mass is 9.72. The summed E-state index contributed by atoms with van der Waals surface area (Å²) in [6.45, 7) is 38.3. The monoisotopic (exact) mass is 1670 g/mol. The van der Waals surface area contributed by atoms with E-state index in [2.05, 4.69) is 42.5 Å². The van der Waals surface area contributed by atoms with Gasteiger partial charge in [0.1, 0.15) is 60.4 Å². The van der Waals surface area contributed by atoms with Crippen molar-refractivity contribution in [1.82, 2.24) is 42.5 Å². The minimum absolute atomic E-state index is 0.0529. The summed E-state index contributed by atoms with van der Waals surface area (Å²) < 4.78 is 54.8. The largest absolute Gasteiger partial charge is 0.396 e. The van der Waals surface area contributed by atoms with E-state index in [1.54, 1.807) is 21.0 Å². The number of aliphatic hydroxyl groups excluding tert-OH is 9. The van der Waals surface area contributed by atoms with Crippen LogP contribution >= 0.6 is 0 Å². The van der Waals surface area contributed by atoms with Crippen LogP contribution in [-0.2, 0) is 81.0 Å². The molecule has 2 heterocycles. The van der Waals surface area contributed by atoms with E-state index in [9.17, 15) is 79.5 Å². The first kappa shape index (κ1) is 105. The van der Waals surface area contributed by atoms with Gasteiger partial charge in [-0.05, 0) is 97.2 Å². The first-order valence-electron chi connectivity index (χ1n) is 40.9. The number of aliphatic hydroxyl groups is 9. The molecule has 1 aliphatic carbocycles. The second-order valence-electron chi connectivity index (χ2n) is 39.8. The van der Waals surface area contributed by atoms with E-state index >= 15 is 4.79 Å². The van der Waals surface area contributed by atoms with E-state index < -0.39 is 189 Å². The third-order valence-electron chi connectivity index (χ3n) is 21.2. The highest BCUT2D eigenvalue weighted by Crippen LogP contribution is 2.41. The van der Waals surface area contributed by atoms with Gasteiger partial charge in [-0.2, -0.15) is 0 Å². The van der Waals surface area contributed by atoms with Gasteiger partial charge in [0.2, 0.25) is 47.3 Å². The molecule has 676 valence electrons. The van der Waals surface area contributed by atoms with Crippen LogP contribution in [-0.4, -0.2) is 302 Å². The lowest BCUT2D eigenvalue weighted by Crippen LogP contribution is -2.64. The van der Waals surface area contributed by atoms with Gasteiger partial charge in [0.05, 0.1) is 97.0 Å². The topological polar surface area (TPSA) is 498 Å². The van der Waals surface area contributed by atoms with E-state index in [0.29, 0.717) is 25.7 Å². The van der Waals surface area contributed by atoms with Crippen molar-refractivity contribution in [3.8, 4) is 0 Å². The highest BCUT2D eigenvalue weighted by Gasteiger charge is 2.50. The molecule has 34 heteroatoms. The molecule has 0 aromatic carbocycles. The van der Waals surface area contributed by atoms with Crippen LogP contribution in [0.25, 0.3) is 0 Å². The molecule has 116 heavy (non-hydrogen) atoms. The number of ether oxygens (including phenoxy) is 9. The van der Waals surface area contributed by atoms with E-state index in [4.69, 9.17) is 42.6 Å². The van der Waals surface area contributed by atoms with Gasteiger partial charge in [-0.25, -0.2) is 0 Å². The summed E-state index contributed by atoms with van der Waals surface area (Å²) in [7, 11) is 1.60. The molecule has 0 bridgehead atoms. The number of hydrogen-bond acceptors (Lipinski definition) is 26. The molecule has 1 saturated carbocycles. The average molecular weight is 1670 g/mol. The Morgan fingerprint density at radius 1 is 0.422 bits per heavy atom. The molecule has 8 amide bonds. The SMILES string of the molecule is COC(C)CC(C)(C)NC(=O)CC(C)(C)CC(C)(C)C(=O)NC(COCCC(=O)NCC(C)(C)CC(C)(C)COC1CC(CO)C(O)C(O)C1NC(C)=O)(COCCC(=O)NCC(C)(C)CC(C)(C)COC1OC(CO)C(O)C(O)C1NC(C)=O)COCCC(=O)NCC(C)(C)CC(C)(C)COC1OC(CO)C(O)C(O)C1NC(C)=O. The number of rotatable bonds is 52. The number of nitrogens with one attached hydrogen (secondary N) is 8. The quantitative estimate of drug-likeness (QED) is 0.0383. The van der Waals surface area contributed by atoms with Gasteiger partial charge in [-0.3, -0.25) is 38.4 Å². The highest BCUT2D eigenvalue weighted by molar-refractivity contribution is 5.83. The van der Waals surface area contributed by atoms with Crippen LogP contribution < -0.4 is 42.5 Å². The molecular weight excluding hydrogens is 1510 g/mol. The first-order chi connectivity index (χ1) is 53.3. The molecule has 34 nitrogen and oxygen atoms in total. The number of methoxy groups -OCH3 is 1. The minimum Gasteiger partial charge on any atom is -0.396 e. The second kappa shape index (κ2) is 45.8. The van der Waals surface area contributed by atoms with Crippen LogP contribution in [0.15, 0.2) is 0 Å². The maximum absolute atomic E-state index is 15.2. The van der Waals surface area contributed by atoms with Gasteiger partial charge < -0.3 is 131 Å². The van der Waals surface area contributed by atoms with Crippen molar-refractivity contribution in [2.24, 2.45) is 49.2 Å². The third kappa shape index (κ3) is 37.2. The maximum atomic E-state index is 15.2. The number of hydrogen-bond donors (Lipinski definition) is 17. The molecule has 0 aromatic heterocycles. The van der Waals surface area contributed by atoms with Crippen molar-refractivity contribution >= 4 is 47.3 Å².